The number of amides is 2. The minimum atomic E-state index is -0.294. The first-order valence-corrected chi connectivity index (χ1v) is 9.08. The van der Waals surface area contributed by atoms with Crippen molar-refractivity contribution in [2.24, 2.45) is 0 Å². The third-order valence-corrected chi connectivity index (χ3v) is 5.69. The molecule has 0 atom stereocenters. The third-order valence-electron chi connectivity index (χ3n) is 3.25. The zero-order valence-electron chi connectivity index (χ0n) is 12.0. The number of benzene rings is 1. The lowest BCUT2D eigenvalue weighted by atomic mass is 10.2. The first-order chi connectivity index (χ1) is 10.9. The molecule has 1 aromatic heterocycles. The van der Waals surface area contributed by atoms with E-state index in [1.165, 1.54) is 4.90 Å². The Hall–Kier alpha value is -1.27. The molecule has 0 N–H and O–H groups in total. The van der Waals surface area contributed by atoms with Crippen LogP contribution in [0.2, 0.25) is 10.0 Å². The van der Waals surface area contributed by atoms with Gasteiger partial charge in [0.25, 0.3) is 11.1 Å². The van der Waals surface area contributed by atoms with Crippen molar-refractivity contribution in [3.05, 3.63) is 60.6 Å². The lowest BCUT2D eigenvalue weighted by Gasteiger charge is -2.13. The number of hydrogen-bond acceptors (Lipinski definition) is 4. The molecular weight excluding hydrogens is 373 g/mol. The number of aryl methyl sites for hydroxylation is 1. The van der Waals surface area contributed by atoms with Gasteiger partial charge in [-0.25, -0.2) is 0 Å². The normalized spacial score (nSPS) is 16.7. The molecule has 0 aliphatic carbocycles. The van der Waals surface area contributed by atoms with Crippen LogP contribution < -0.4 is 0 Å². The van der Waals surface area contributed by atoms with Crippen molar-refractivity contribution in [3.63, 3.8) is 0 Å². The fourth-order valence-electron chi connectivity index (χ4n) is 2.12. The molecule has 0 saturated carbocycles. The van der Waals surface area contributed by atoms with E-state index in [0.717, 1.165) is 21.5 Å². The van der Waals surface area contributed by atoms with E-state index in [1.54, 1.807) is 35.6 Å². The number of rotatable bonds is 3. The number of thiophene rings is 1. The molecule has 0 radical (unpaired) electrons. The van der Waals surface area contributed by atoms with Crippen LogP contribution in [0, 0.1) is 6.92 Å². The summed E-state index contributed by atoms with van der Waals surface area (Å²) < 4.78 is 0. The molecule has 1 aromatic carbocycles. The minimum Gasteiger partial charge on any atom is -0.268 e. The molecule has 3 rings (SSSR count). The van der Waals surface area contributed by atoms with E-state index in [-0.39, 0.29) is 17.7 Å². The number of carbonyl (C=O) groups excluding carboxylic acids is 2. The Labute approximate surface area is 151 Å². The summed E-state index contributed by atoms with van der Waals surface area (Å²) in [5.74, 6) is -0.294. The van der Waals surface area contributed by atoms with Gasteiger partial charge in [0.2, 0.25) is 0 Å². The van der Waals surface area contributed by atoms with Gasteiger partial charge in [-0.1, -0.05) is 29.3 Å². The summed E-state index contributed by atoms with van der Waals surface area (Å²) in [5.41, 5.74) is 0.687. The van der Waals surface area contributed by atoms with Crippen LogP contribution in [-0.4, -0.2) is 16.0 Å². The fraction of sp³-hybridized carbons (Fsp3) is 0.125. The average Bonchev–Trinajstić information content (AvgIpc) is 3.00. The molecule has 23 heavy (non-hydrogen) atoms. The smallest absolute Gasteiger partial charge is 0.268 e. The number of nitrogens with zero attached hydrogens (tertiary/aromatic N) is 1. The maximum atomic E-state index is 12.5. The standard InChI is InChI=1S/C16H11Cl2NO2S2/c1-9-2-5-12(22-9)7-14-15(20)19(16(21)23-14)8-10-3-4-11(17)6-13(10)18/h2-7H,8H2,1H3/b14-7+. The van der Waals surface area contributed by atoms with E-state index in [1.807, 2.05) is 19.1 Å². The first kappa shape index (κ1) is 16.6. The minimum absolute atomic E-state index is 0.140. The van der Waals surface area contributed by atoms with Crippen LogP contribution in [0.5, 0.6) is 0 Å². The topological polar surface area (TPSA) is 37.4 Å². The molecule has 1 fully saturated rings. The van der Waals surface area contributed by atoms with Crippen LogP contribution in [0.3, 0.4) is 0 Å². The van der Waals surface area contributed by atoms with Gasteiger partial charge in [0.1, 0.15) is 0 Å². The van der Waals surface area contributed by atoms with E-state index in [9.17, 15) is 9.59 Å². The zero-order chi connectivity index (χ0) is 16.6. The maximum Gasteiger partial charge on any atom is 0.293 e. The van der Waals surface area contributed by atoms with E-state index < -0.39 is 0 Å². The summed E-state index contributed by atoms with van der Waals surface area (Å²) >= 11 is 14.5. The highest BCUT2D eigenvalue weighted by Gasteiger charge is 2.35. The lowest BCUT2D eigenvalue weighted by Crippen LogP contribution is -2.27. The Morgan fingerprint density at radius 3 is 2.61 bits per heavy atom. The van der Waals surface area contributed by atoms with Crippen LogP contribution in [-0.2, 0) is 11.3 Å². The number of carbonyl (C=O) groups is 2. The van der Waals surface area contributed by atoms with E-state index in [2.05, 4.69) is 0 Å². The Bertz CT molecular complexity index is 829. The van der Waals surface area contributed by atoms with Gasteiger partial charge in [-0.05, 0) is 54.6 Å². The van der Waals surface area contributed by atoms with Crippen molar-refractivity contribution in [2.45, 2.75) is 13.5 Å². The van der Waals surface area contributed by atoms with Crippen molar-refractivity contribution in [1.29, 1.82) is 0 Å². The van der Waals surface area contributed by atoms with Gasteiger partial charge in [-0.2, -0.15) is 0 Å². The molecule has 0 unspecified atom stereocenters. The molecule has 118 valence electrons. The van der Waals surface area contributed by atoms with Gasteiger partial charge >= 0.3 is 0 Å². The molecular formula is C16H11Cl2NO2S2. The molecule has 2 heterocycles. The largest absolute Gasteiger partial charge is 0.293 e. The average molecular weight is 384 g/mol. The second-order valence-electron chi connectivity index (χ2n) is 4.95. The van der Waals surface area contributed by atoms with Gasteiger partial charge in [-0.15, -0.1) is 11.3 Å². The molecule has 1 aliphatic rings. The van der Waals surface area contributed by atoms with Crippen LogP contribution in [0.1, 0.15) is 15.3 Å². The van der Waals surface area contributed by atoms with Crippen LogP contribution >= 0.6 is 46.3 Å². The second kappa shape index (κ2) is 6.69. The van der Waals surface area contributed by atoms with Gasteiger partial charge in [0, 0.05) is 19.8 Å². The molecule has 2 aromatic rings. The van der Waals surface area contributed by atoms with Crippen LogP contribution in [0.4, 0.5) is 4.79 Å². The molecule has 0 bridgehead atoms. The van der Waals surface area contributed by atoms with Gasteiger partial charge in [-0.3, -0.25) is 14.5 Å². The van der Waals surface area contributed by atoms with Gasteiger partial charge < -0.3 is 0 Å². The summed E-state index contributed by atoms with van der Waals surface area (Å²) in [7, 11) is 0. The summed E-state index contributed by atoms with van der Waals surface area (Å²) in [5, 5.41) is 0.663. The molecule has 1 saturated heterocycles. The predicted octanol–water partition coefficient (Wildman–Crippen LogP) is 5.60. The van der Waals surface area contributed by atoms with Crippen molar-refractivity contribution < 1.29 is 9.59 Å². The summed E-state index contributed by atoms with van der Waals surface area (Å²) in [6.45, 7) is 2.14. The Morgan fingerprint density at radius 1 is 1.17 bits per heavy atom. The van der Waals surface area contributed by atoms with Gasteiger partial charge in [0.15, 0.2) is 0 Å². The molecule has 2 amide bonds. The number of hydrogen-bond donors (Lipinski definition) is 0. The maximum absolute atomic E-state index is 12.5. The quantitative estimate of drug-likeness (QED) is 0.647. The summed E-state index contributed by atoms with van der Waals surface area (Å²) in [4.78, 5) is 28.3. The van der Waals surface area contributed by atoms with E-state index >= 15 is 0 Å². The molecule has 3 nitrogen and oxygen atoms in total. The number of halogens is 2. The Morgan fingerprint density at radius 2 is 1.96 bits per heavy atom. The number of imide groups is 1. The third kappa shape index (κ3) is 3.63. The molecule has 0 spiro atoms. The lowest BCUT2D eigenvalue weighted by molar-refractivity contribution is -0.123. The van der Waals surface area contributed by atoms with E-state index in [4.69, 9.17) is 23.2 Å². The zero-order valence-corrected chi connectivity index (χ0v) is 15.2. The highest BCUT2D eigenvalue weighted by Crippen LogP contribution is 2.35. The van der Waals surface area contributed by atoms with Crippen LogP contribution in [0.25, 0.3) is 6.08 Å². The highest BCUT2D eigenvalue weighted by atomic mass is 35.5. The fourth-order valence-corrected chi connectivity index (χ4v) is 4.31. The van der Waals surface area contributed by atoms with E-state index in [0.29, 0.717) is 20.5 Å². The predicted molar refractivity (Wildman–Crippen MR) is 97.0 cm³/mol. The molecule has 7 heteroatoms. The van der Waals surface area contributed by atoms with Crippen molar-refractivity contribution in [3.8, 4) is 0 Å². The molecule has 1 aliphatic heterocycles. The van der Waals surface area contributed by atoms with Crippen molar-refractivity contribution >= 4 is 63.5 Å². The Balaban J connectivity index is 1.82. The number of thioether (sulfide) groups is 1. The monoisotopic (exact) mass is 383 g/mol. The first-order valence-electron chi connectivity index (χ1n) is 6.70. The Kier molecular flexibility index (Phi) is 4.82. The highest BCUT2D eigenvalue weighted by molar-refractivity contribution is 8.18. The summed E-state index contributed by atoms with van der Waals surface area (Å²) in [6.07, 6.45) is 1.76. The van der Waals surface area contributed by atoms with Crippen LogP contribution in [0.15, 0.2) is 35.2 Å². The van der Waals surface area contributed by atoms with Crippen molar-refractivity contribution in [1.82, 2.24) is 4.90 Å². The summed E-state index contributed by atoms with van der Waals surface area (Å²) in [6, 6.07) is 8.92. The second-order valence-corrected chi connectivity index (χ2v) is 8.11. The van der Waals surface area contributed by atoms with Gasteiger partial charge in [0.05, 0.1) is 11.4 Å². The SMILES string of the molecule is Cc1ccc(/C=C2/SC(=O)N(Cc3ccc(Cl)cc3Cl)C2=O)s1. The van der Waals surface area contributed by atoms with Crippen molar-refractivity contribution in [2.75, 3.05) is 0 Å².